The lowest BCUT2D eigenvalue weighted by Gasteiger charge is -2.25. The highest BCUT2D eigenvalue weighted by Crippen LogP contribution is 2.13. The summed E-state index contributed by atoms with van der Waals surface area (Å²) in [5, 5.41) is 0. The quantitative estimate of drug-likeness (QED) is 0.810. The van der Waals surface area contributed by atoms with Gasteiger partial charge < -0.3 is 5.73 Å². The van der Waals surface area contributed by atoms with E-state index >= 15 is 0 Å². The Morgan fingerprint density at radius 2 is 2.11 bits per heavy atom. The maximum atomic E-state index is 5.44. The molecule has 19 heavy (non-hydrogen) atoms. The fourth-order valence-electron chi connectivity index (χ4n) is 1.86. The minimum Gasteiger partial charge on any atom is -0.320 e. The Balaban J connectivity index is 2.70. The van der Waals surface area contributed by atoms with Crippen LogP contribution in [0.4, 0.5) is 0 Å². The predicted octanol–water partition coefficient (Wildman–Crippen LogP) is 2.57. The van der Waals surface area contributed by atoms with Crippen LogP contribution in [0.3, 0.4) is 0 Å². The van der Waals surface area contributed by atoms with E-state index in [-0.39, 0.29) is 0 Å². The molecule has 1 aromatic carbocycles. The average molecular weight is 276 g/mol. The summed E-state index contributed by atoms with van der Waals surface area (Å²) in [5.41, 5.74) is 7.82. The number of benzene rings is 1. The van der Waals surface area contributed by atoms with E-state index in [1.165, 1.54) is 17.7 Å². The maximum absolute atomic E-state index is 5.44. The van der Waals surface area contributed by atoms with Gasteiger partial charge in [0.05, 0.1) is 6.54 Å². The smallest absolute Gasteiger partial charge is 0.0555 e. The Labute approximate surface area is 121 Å². The third kappa shape index (κ3) is 5.69. The largest absolute Gasteiger partial charge is 0.320 e. The van der Waals surface area contributed by atoms with Crippen LogP contribution >= 0.6 is 11.8 Å². The molecule has 0 spiro atoms. The lowest BCUT2D eigenvalue weighted by Crippen LogP contribution is -2.29. The van der Waals surface area contributed by atoms with Crippen LogP contribution in [-0.2, 0) is 6.54 Å². The lowest BCUT2D eigenvalue weighted by molar-refractivity contribution is 0.245. The lowest BCUT2D eigenvalue weighted by atomic mass is 10.1. The second-order valence-corrected chi connectivity index (χ2v) is 5.69. The highest BCUT2D eigenvalue weighted by molar-refractivity contribution is 7.98. The van der Waals surface area contributed by atoms with Crippen molar-refractivity contribution < 1.29 is 0 Å². The molecule has 0 fully saturated rings. The number of thioether (sulfide) groups is 1. The molecule has 1 rings (SSSR count). The van der Waals surface area contributed by atoms with Crippen molar-refractivity contribution in [1.82, 2.24) is 4.90 Å². The van der Waals surface area contributed by atoms with Crippen LogP contribution in [0.25, 0.3) is 0 Å². The predicted molar refractivity (Wildman–Crippen MR) is 86.3 cm³/mol. The zero-order chi connectivity index (χ0) is 14.1. The van der Waals surface area contributed by atoms with Gasteiger partial charge in [-0.05, 0) is 44.0 Å². The van der Waals surface area contributed by atoms with Crippen LogP contribution in [0.2, 0.25) is 0 Å². The van der Waals surface area contributed by atoms with Crippen molar-refractivity contribution in [2.75, 3.05) is 25.6 Å². The summed E-state index contributed by atoms with van der Waals surface area (Å²) in [5.74, 6) is 7.30. The average Bonchev–Trinajstić information content (AvgIpc) is 2.43. The van der Waals surface area contributed by atoms with E-state index in [0.717, 1.165) is 12.1 Å². The number of nitrogens with two attached hydrogens (primary N) is 1. The van der Waals surface area contributed by atoms with E-state index in [1.54, 1.807) is 0 Å². The molecular formula is C16H24N2S. The van der Waals surface area contributed by atoms with Crippen LogP contribution in [0.5, 0.6) is 0 Å². The van der Waals surface area contributed by atoms with E-state index in [2.05, 4.69) is 55.2 Å². The maximum Gasteiger partial charge on any atom is 0.0555 e. The number of rotatable bonds is 6. The molecule has 0 aliphatic rings. The third-order valence-corrected chi connectivity index (χ3v) is 3.90. The Morgan fingerprint density at radius 1 is 1.37 bits per heavy atom. The van der Waals surface area contributed by atoms with Crippen LogP contribution in [0, 0.1) is 11.8 Å². The molecule has 2 N–H and O–H groups in total. The van der Waals surface area contributed by atoms with Crippen molar-refractivity contribution in [1.29, 1.82) is 0 Å². The van der Waals surface area contributed by atoms with Gasteiger partial charge in [-0.2, -0.15) is 11.8 Å². The summed E-state index contributed by atoms with van der Waals surface area (Å²) in [6, 6.07) is 8.91. The molecule has 1 aromatic rings. The first kappa shape index (κ1) is 16.1. The van der Waals surface area contributed by atoms with Crippen molar-refractivity contribution in [3.8, 4) is 11.8 Å². The van der Waals surface area contributed by atoms with Gasteiger partial charge in [0.15, 0.2) is 0 Å². The summed E-state index contributed by atoms with van der Waals surface area (Å²) in [4.78, 5) is 2.39. The molecule has 2 nitrogen and oxygen atoms in total. The van der Waals surface area contributed by atoms with Gasteiger partial charge in [-0.15, -0.1) is 0 Å². The van der Waals surface area contributed by atoms with Crippen molar-refractivity contribution in [2.24, 2.45) is 5.73 Å². The molecule has 0 heterocycles. The molecular weight excluding hydrogens is 252 g/mol. The standard InChI is InChI=1S/C16H24N2S/c1-14(10-12-19-3)18(2)13-16-8-5-4-7-15(16)9-6-11-17/h4-5,7-8,14H,10-13,17H2,1-3H3. The minimum atomic E-state index is 0.411. The SMILES string of the molecule is CSCCC(C)N(C)Cc1ccccc1C#CCN. The van der Waals surface area contributed by atoms with Gasteiger partial charge in [0.2, 0.25) is 0 Å². The second kappa shape index (κ2) is 9.03. The summed E-state index contributed by atoms with van der Waals surface area (Å²) in [6.45, 7) is 3.63. The van der Waals surface area contributed by atoms with Crippen molar-refractivity contribution >= 4 is 11.8 Å². The van der Waals surface area contributed by atoms with Crippen molar-refractivity contribution in [2.45, 2.75) is 25.9 Å². The molecule has 104 valence electrons. The van der Waals surface area contributed by atoms with E-state index in [9.17, 15) is 0 Å². The summed E-state index contributed by atoms with van der Waals surface area (Å²) in [7, 11) is 2.18. The monoisotopic (exact) mass is 276 g/mol. The Bertz CT molecular complexity index is 434. The van der Waals surface area contributed by atoms with Crippen molar-refractivity contribution in [3.63, 3.8) is 0 Å². The molecule has 3 heteroatoms. The van der Waals surface area contributed by atoms with Crippen LogP contribution in [0.15, 0.2) is 24.3 Å². The van der Waals surface area contributed by atoms with E-state index in [0.29, 0.717) is 12.6 Å². The van der Waals surface area contributed by atoms with Crippen molar-refractivity contribution in [3.05, 3.63) is 35.4 Å². The minimum absolute atomic E-state index is 0.411. The molecule has 0 radical (unpaired) electrons. The first-order valence-corrected chi connectivity index (χ1v) is 8.04. The van der Waals surface area contributed by atoms with E-state index in [1.807, 2.05) is 17.8 Å². The van der Waals surface area contributed by atoms with Gasteiger partial charge in [-0.1, -0.05) is 30.0 Å². The van der Waals surface area contributed by atoms with Gasteiger partial charge in [0, 0.05) is 18.2 Å². The van der Waals surface area contributed by atoms with Gasteiger partial charge in [-0.3, -0.25) is 4.90 Å². The zero-order valence-electron chi connectivity index (χ0n) is 12.1. The topological polar surface area (TPSA) is 29.3 Å². The Hall–Kier alpha value is -0.950. The van der Waals surface area contributed by atoms with Crippen LogP contribution < -0.4 is 5.73 Å². The molecule has 0 aliphatic heterocycles. The number of nitrogens with zero attached hydrogens (tertiary/aromatic N) is 1. The molecule has 0 saturated heterocycles. The van der Waals surface area contributed by atoms with Gasteiger partial charge in [0.25, 0.3) is 0 Å². The molecule has 0 aromatic heterocycles. The van der Waals surface area contributed by atoms with Crippen LogP contribution in [0.1, 0.15) is 24.5 Å². The molecule has 0 amide bonds. The first-order valence-electron chi connectivity index (χ1n) is 6.65. The fourth-order valence-corrected chi connectivity index (χ4v) is 2.44. The second-order valence-electron chi connectivity index (χ2n) is 4.71. The summed E-state index contributed by atoms with van der Waals surface area (Å²) >= 11 is 1.91. The summed E-state index contributed by atoms with van der Waals surface area (Å²) in [6.07, 6.45) is 3.37. The third-order valence-electron chi connectivity index (χ3n) is 3.25. The van der Waals surface area contributed by atoms with Gasteiger partial charge in [-0.25, -0.2) is 0 Å². The van der Waals surface area contributed by atoms with E-state index < -0.39 is 0 Å². The van der Waals surface area contributed by atoms with Crippen LogP contribution in [-0.4, -0.2) is 36.5 Å². The highest BCUT2D eigenvalue weighted by atomic mass is 32.2. The Kier molecular flexibility index (Phi) is 7.66. The number of hydrogen-bond acceptors (Lipinski definition) is 3. The molecule has 0 saturated carbocycles. The molecule has 0 bridgehead atoms. The van der Waals surface area contributed by atoms with Gasteiger partial charge >= 0.3 is 0 Å². The first-order chi connectivity index (χ1) is 9.19. The number of hydrogen-bond donors (Lipinski definition) is 1. The zero-order valence-corrected chi connectivity index (χ0v) is 13.0. The summed E-state index contributed by atoms with van der Waals surface area (Å²) < 4.78 is 0. The van der Waals surface area contributed by atoms with Gasteiger partial charge in [0.1, 0.15) is 0 Å². The molecule has 1 atom stereocenters. The molecule has 1 unspecified atom stereocenters. The van der Waals surface area contributed by atoms with E-state index in [4.69, 9.17) is 5.73 Å². The molecule has 0 aliphatic carbocycles. The fraction of sp³-hybridized carbons (Fsp3) is 0.500. The normalized spacial score (nSPS) is 12.1. The Morgan fingerprint density at radius 3 is 2.79 bits per heavy atom. The highest BCUT2D eigenvalue weighted by Gasteiger charge is 2.10.